The zero-order chi connectivity index (χ0) is 14.0. The van der Waals surface area contributed by atoms with Gasteiger partial charge in [-0.25, -0.2) is 4.79 Å². The summed E-state index contributed by atoms with van der Waals surface area (Å²) in [5, 5.41) is -0.554. The van der Waals surface area contributed by atoms with Crippen molar-refractivity contribution in [2.45, 2.75) is 19.9 Å². The van der Waals surface area contributed by atoms with Crippen molar-refractivity contribution in [2.24, 2.45) is 0 Å². The van der Waals surface area contributed by atoms with Gasteiger partial charge in [0.15, 0.2) is 5.15 Å². The van der Waals surface area contributed by atoms with Gasteiger partial charge < -0.3 is 0 Å². The Morgan fingerprint density at radius 2 is 2.00 bits per heavy atom. The van der Waals surface area contributed by atoms with Crippen LogP contribution in [0.1, 0.15) is 11.1 Å². The van der Waals surface area contributed by atoms with Crippen molar-refractivity contribution in [2.75, 3.05) is 0 Å². The van der Waals surface area contributed by atoms with E-state index in [-0.39, 0.29) is 6.54 Å². The predicted octanol–water partition coefficient (Wildman–Crippen LogP) is 1.88. The highest BCUT2D eigenvalue weighted by Crippen LogP contribution is 2.08. The highest BCUT2D eigenvalue weighted by molar-refractivity contribution is 6.29. The SMILES string of the molecule is Cc1ccccc1CCn1c(=O)[nH]c(Cl)c(F)c1=O. The van der Waals surface area contributed by atoms with Crippen LogP contribution < -0.4 is 11.2 Å². The van der Waals surface area contributed by atoms with Crippen molar-refractivity contribution in [3.05, 3.63) is 67.2 Å². The Kier molecular flexibility index (Phi) is 3.85. The number of hydrogen-bond acceptors (Lipinski definition) is 2. The largest absolute Gasteiger partial charge is 0.329 e. The van der Waals surface area contributed by atoms with E-state index in [0.29, 0.717) is 6.42 Å². The van der Waals surface area contributed by atoms with Crippen LogP contribution in [0.3, 0.4) is 0 Å². The van der Waals surface area contributed by atoms with Crippen LogP contribution in [0, 0.1) is 12.7 Å². The van der Waals surface area contributed by atoms with Crippen molar-refractivity contribution >= 4 is 11.6 Å². The fourth-order valence-electron chi connectivity index (χ4n) is 1.85. The van der Waals surface area contributed by atoms with Crippen LogP contribution in [0.4, 0.5) is 4.39 Å². The van der Waals surface area contributed by atoms with Crippen molar-refractivity contribution in [1.29, 1.82) is 0 Å². The van der Waals surface area contributed by atoms with E-state index in [1.165, 1.54) is 0 Å². The van der Waals surface area contributed by atoms with Crippen LogP contribution in [0.25, 0.3) is 0 Å². The Morgan fingerprint density at radius 3 is 2.68 bits per heavy atom. The van der Waals surface area contributed by atoms with Crippen LogP contribution in [0.2, 0.25) is 5.15 Å². The number of aryl methyl sites for hydroxylation is 2. The molecule has 1 heterocycles. The quantitative estimate of drug-likeness (QED) is 0.874. The third-order valence-corrected chi connectivity index (χ3v) is 3.21. The maximum atomic E-state index is 13.3. The molecule has 0 unspecified atom stereocenters. The number of nitrogens with zero attached hydrogens (tertiary/aromatic N) is 1. The van der Waals surface area contributed by atoms with E-state index < -0.39 is 22.2 Å². The maximum Gasteiger partial charge on any atom is 0.329 e. The smallest absolute Gasteiger partial charge is 0.295 e. The van der Waals surface area contributed by atoms with Gasteiger partial charge in [-0.15, -0.1) is 0 Å². The lowest BCUT2D eigenvalue weighted by Crippen LogP contribution is -2.37. The number of H-pyrrole nitrogens is 1. The second-order valence-electron chi connectivity index (χ2n) is 4.19. The van der Waals surface area contributed by atoms with Crippen molar-refractivity contribution in [3.63, 3.8) is 0 Å². The third kappa shape index (κ3) is 2.76. The minimum absolute atomic E-state index is 0.104. The first-order valence-electron chi connectivity index (χ1n) is 5.73. The normalized spacial score (nSPS) is 10.7. The van der Waals surface area contributed by atoms with Gasteiger partial charge in [0.05, 0.1) is 0 Å². The van der Waals surface area contributed by atoms with E-state index in [9.17, 15) is 14.0 Å². The molecule has 1 aromatic carbocycles. The Labute approximate surface area is 113 Å². The maximum absolute atomic E-state index is 13.3. The topological polar surface area (TPSA) is 54.9 Å². The molecule has 6 heteroatoms. The molecule has 0 atom stereocenters. The molecular formula is C13H12ClFN2O2. The van der Waals surface area contributed by atoms with Gasteiger partial charge in [-0.3, -0.25) is 14.3 Å². The minimum atomic E-state index is -1.13. The molecule has 0 amide bonds. The molecule has 1 N–H and O–H groups in total. The molecule has 0 radical (unpaired) electrons. The number of aromatic amines is 1. The Morgan fingerprint density at radius 1 is 1.32 bits per heavy atom. The first-order chi connectivity index (χ1) is 9.00. The highest BCUT2D eigenvalue weighted by Gasteiger charge is 2.12. The van der Waals surface area contributed by atoms with Crippen LogP contribution in [0.15, 0.2) is 33.9 Å². The van der Waals surface area contributed by atoms with Crippen LogP contribution in [0.5, 0.6) is 0 Å². The van der Waals surface area contributed by atoms with Gasteiger partial charge in [0.1, 0.15) is 0 Å². The molecule has 2 aromatic rings. The summed E-state index contributed by atoms with van der Waals surface area (Å²) >= 11 is 5.39. The zero-order valence-corrected chi connectivity index (χ0v) is 11.0. The fourth-order valence-corrected chi connectivity index (χ4v) is 2.01. The molecule has 0 aliphatic heterocycles. The van der Waals surface area contributed by atoms with E-state index in [2.05, 4.69) is 4.98 Å². The molecule has 0 saturated heterocycles. The van der Waals surface area contributed by atoms with Gasteiger partial charge in [-0.05, 0) is 24.5 Å². The van der Waals surface area contributed by atoms with Gasteiger partial charge in [0.2, 0.25) is 5.82 Å². The van der Waals surface area contributed by atoms with Gasteiger partial charge in [0.25, 0.3) is 5.56 Å². The number of aromatic nitrogens is 2. The average molecular weight is 283 g/mol. The lowest BCUT2D eigenvalue weighted by molar-refractivity contribution is 0.538. The molecule has 0 aliphatic rings. The molecule has 0 saturated carbocycles. The summed E-state index contributed by atoms with van der Waals surface area (Å²) in [7, 11) is 0. The lowest BCUT2D eigenvalue weighted by atomic mass is 10.1. The van der Waals surface area contributed by atoms with Gasteiger partial charge in [-0.2, -0.15) is 4.39 Å². The molecule has 0 bridgehead atoms. The number of rotatable bonds is 3. The summed E-state index contributed by atoms with van der Waals surface area (Å²) in [6, 6.07) is 7.61. The average Bonchev–Trinajstić information content (AvgIpc) is 2.38. The fraction of sp³-hybridized carbons (Fsp3) is 0.231. The molecule has 2 rings (SSSR count). The molecule has 1 aromatic heterocycles. The monoisotopic (exact) mass is 282 g/mol. The summed E-state index contributed by atoms with van der Waals surface area (Å²) in [6.45, 7) is 2.04. The highest BCUT2D eigenvalue weighted by atomic mass is 35.5. The van der Waals surface area contributed by atoms with Crippen molar-refractivity contribution < 1.29 is 4.39 Å². The lowest BCUT2D eigenvalue weighted by Gasteiger charge is -2.07. The summed E-state index contributed by atoms with van der Waals surface area (Å²) in [6.07, 6.45) is 0.469. The Balaban J connectivity index is 2.31. The standard InChI is InChI=1S/C13H12ClFN2O2/c1-8-4-2-3-5-9(8)6-7-17-12(18)10(15)11(14)16-13(17)19/h2-5H,6-7H2,1H3,(H,16,19). The molecule has 4 nitrogen and oxygen atoms in total. The molecule has 0 spiro atoms. The van der Waals surface area contributed by atoms with E-state index in [1.54, 1.807) is 0 Å². The summed E-state index contributed by atoms with van der Waals surface area (Å²) in [5.41, 5.74) is 0.359. The molecule has 100 valence electrons. The third-order valence-electron chi connectivity index (χ3n) is 2.95. The second kappa shape index (κ2) is 5.40. The Hall–Kier alpha value is -1.88. The van der Waals surface area contributed by atoms with Crippen LogP contribution in [-0.2, 0) is 13.0 Å². The van der Waals surface area contributed by atoms with Gasteiger partial charge in [-0.1, -0.05) is 35.9 Å². The number of halogens is 2. The van der Waals surface area contributed by atoms with Gasteiger partial charge >= 0.3 is 5.69 Å². The van der Waals surface area contributed by atoms with E-state index >= 15 is 0 Å². The van der Waals surface area contributed by atoms with Crippen LogP contribution >= 0.6 is 11.6 Å². The molecule has 0 aliphatic carbocycles. The minimum Gasteiger partial charge on any atom is -0.295 e. The van der Waals surface area contributed by atoms with E-state index in [1.807, 2.05) is 31.2 Å². The van der Waals surface area contributed by atoms with Crippen LogP contribution in [-0.4, -0.2) is 9.55 Å². The summed E-state index contributed by atoms with van der Waals surface area (Å²) in [4.78, 5) is 25.3. The second-order valence-corrected chi connectivity index (χ2v) is 4.57. The first kappa shape index (κ1) is 13.5. The molecule has 19 heavy (non-hydrogen) atoms. The number of hydrogen-bond donors (Lipinski definition) is 1. The number of benzene rings is 1. The van der Waals surface area contributed by atoms with Crippen molar-refractivity contribution in [3.8, 4) is 0 Å². The Bertz CT molecular complexity index is 721. The van der Waals surface area contributed by atoms with E-state index in [4.69, 9.17) is 11.6 Å². The van der Waals surface area contributed by atoms with Gasteiger partial charge in [0, 0.05) is 6.54 Å². The molecule has 0 fully saturated rings. The molecular weight excluding hydrogens is 271 g/mol. The predicted molar refractivity (Wildman–Crippen MR) is 71.2 cm³/mol. The summed E-state index contributed by atoms with van der Waals surface area (Å²) < 4.78 is 14.2. The zero-order valence-electron chi connectivity index (χ0n) is 10.2. The number of nitrogens with one attached hydrogen (secondary N) is 1. The summed E-state index contributed by atoms with van der Waals surface area (Å²) in [5.74, 6) is -1.13. The van der Waals surface area contributed by atoms with E-state index in [0.717, 1.165) is 15.7 Å². The van der Waals surface area contributed by atoms with Crippen molar-refractivity contribution in [1.82, 2.24) is 9.55 Å². The first-order valence-corrected chi connectivity index (χ1v) is 6.11.